The monoisotopic (exact) mass is 259 g/mol. The molecule has 0 bridgehead atoms. The minimum absolute atomic E-state index is 0.788. The average Bonchev–Trinajstić information content (AvgIpc) is 2.41. The lowest BCUT2D eigenvalue weighted by Gasteiger charge is -2.46. The van der Waals surface area contributed by atoms with Crippen molar-refractivity contribution in [3.8, 4) is 0 Å². The lowest BCUT2D eigenvalue weighted by molar-refractivity contribution is 0.102. The van der Waals surface area contributed by atoms with Crippen LogP contribution < -0.4 is 10.6 Å². The van der Waals surface area contributed by atoms with Gasteiger partial charge in [0.15, 0.2) is 0 Å². The first-order valence-electron chi connectivity index (χ1n) is 7.46. The van der Waals surface area contributed by atoms with E-state index >= 15 is 0 Å². The van der Waals surface area contributed by atoms with Gasteiger partial charge in [0, 0.05) is 19.1 Å². The standard InChI is InChI=1S/C16H25N3/c1-12-5-6-14(17)16(10-12)19-9-7-15-13(11-19)4-3-8-18(15)2/h5-6,10,13,15H,3-4,7-9,11,17H2,1-2H3. The fourth-order valence-electron chi connectivity index (χ4n) is 3.80. The maximum Gasteiger partial charge on any atom is 0.0602 e. The molecule has 3 rings (SSSR count). The Balaban J connectivity index is 1.79. The Kier molecular flexibility index (Phi) is 3.40. The highest BCUT2D eigenvalue weighted by Gasteiger charge is 2.34. The van der Waals surface area contributed by atoms with Crippen LogP contribution in [-0.2, 0) is 0 Å². The van der Waals surface area contributed by atoms with Crippen LogP contribution in [0.15, 0.2) is 18.2 Å². The van der Waals surface area contributed by atoms with E-state index in [9.17, 15) is 0 Å². The number of anilines is 2. The molecule has 2 atom stereocenters. The Bertz CT molecular complexity index is 457. The van der Waals surface area contributed by atoms with Gasteiger partial charge < -0.3 is 15.5 Å². The van der Waals surface area contributed by atoms with Crippen molar-refractivity contribution in [2.75, 3.05) is 37.3 Å². The number of hydrogen-bond donors (Lipinski definition) is 1. The van der Waals surface area contributed by atoms with E-state index in [4.69, 9.17) is 5.73 Å². The molecule has 2 heterocycles. The summed E-state index contributed by atoms with van der Waals surface area (Å²) in [5, 5.41) is 0. The zero-order valence-corrected chi connectivity index (χ0v) is 12.1. The number of aryl methyl sites for hydroxylation is 1. The molecule has 104 valence electrons. The third-order valence-electron chi connectivity index (χ3n) is 4.87. The van der Waals surface area contributed by atoms with Gasteiger partial charge in [-0.3, -0.25) is 0 Å². The molecule has 0 spiro atoms. The fraction of sp³-hybridized carbons (Fsp3) is 0.625. The highest BCUT2D eigenvalue weighted by molar-refractivity contribution is 5.68. The molecular formula is C16H25N3. The lowest BCUT2D eigenvalue weighted by atomic mass is 9.84. The summed E-state index contributed by atoms with van der Waals surface area (Å²) >= 11 is 0. The van der Waals surface area contributed by atoms with Crippen molar-refractivity contribution >= 4 is 11.4 Å². The predicted octanol–water partition coefficient (Wildman–Crippen LogP) is 2.50. The SMILES string of the molecule is Cc1ccc(N)c(N2CCC3C(CCCN3C)C2)c1. The van der Waals surface area contributed by atoms with Crippen molar-refractivity contribution in [2.45, 2.75) is 32.2 Å². The van der Waals surface area contributed by atoms with E-state index in [0.29, 0.717) is 0 Å². The van der Waals surface area contributed by atoms with Gasteiger partial charge in [0.05, 0.1) is 11.4 Å². The van der Waals surface area contributed by atoms with Gasteiger partial charge >= 0.3 is 0 Å². The highest BCUT2D eigenvalue weighted by Crippen LogP contribution is 2.34. The Labute approximate surface area is 116 Å². The van der Waals surface area contributed by atoms with E-state index in [2.05, 4.69) is 35.9 Å². The van der Waals surface area contributed by atoms with Gasteiger partial charge in [0.2, 0.25) is 0 Å². The fourth-order valence-corrected chi connectivity index (χ4v) is 3.80. The second kappa shape index (κ2) is 5.04. The van der Waals surface area contributed by atoms with E-state index in [-0.39, 0.29) is 0 Å². The highest BCUT2D eigenvalue weighted by atomic mass is 15.2. The topological polar surface area (TPSA) is 32.5 Å². The largest absolute Gasteiger partial charge is 0.397 e. The maximum atomic E-state index is 6.16. The Hall–Kier alpha value is -1.22. The van der Waals surface area contributed by atoms with Crippen molar-refractivity contribution in [2.24, 2.45) is 5.92 Å². The number of rotatable bonds is 1. The summed E-state index contributed by atoms with van der Waals surface area (Å²) in [6, 6.07) is 7.17. The van der Waals surface area contributed by atoms with Crippen molar-refractivity contribution < 1.29 is 0 Å². The van der Waals surface area contributed by atoms with Crippen molar-refractivity contribution in [3.63, 3.8) is 0 Å². The van der Waals surface area contributed by atoms with Crippen molar-refractivity contribution in [1.82, 2.24) is 4.90 Å². The summed E-state index contributed by atoms with van der Waals surface area (Å²) in [5.74, 6) is 0.812. The quantitative estimate of drug-likeness (QED) is 0.787. The molecule has 2 aliphatic rings. The third-order valence-corrected chi connectivity index (χ3v) is 4.87. The minimum Gasteiger partial charge on any atom is -0.397 e. The van der Waals surface area contributed by atoms with Crippen LogP contribution in [0.1, 0.15) is 24.8 Å². The predicted molar refractivity (Wildman–Crippen MR) is 81.6 cm³/mol. The van der Waals surface area contributed by atoms with Crippen LogP contribution in [0, 0.1) is 12.8 Å². The average molecular weight is 259 g/mol. The summed E-state index contributed by atoms with van der Waals surface area (Å²) in [6.07, 6.45) is 3.99. The molecule has 1 aromatic rings. The number of benzene rings is 1. The smallest absolute Gasteiger partial charge is 0.0602 e. The van der Waals surface area contributed by atoms with Gasteiger partial charge in [0.25, 0.3) is 0 Å². The molecule has 3 heteroatoms. The van der Waals surface area contributed by atoms with Gasteiger partial charge in [-0.25, -0.2) is 0 Å². The van der Waals surface area contributed by atoms with Crippen LogP contribution in [0.25, 0.3) is 0 Å². The van der Waals surface area contributed by atoms with E-state index in [0.717, 1.165) is 24.2 Å². The molecule has 2 unspecified atom stereocenters. The van der Waals surface area contributed by atoms with Gasteiger partial charge in [-0.1, -0.05) is 6.07 Å². The lowest BCUT2D eigenvalue weighted by Crippen LogP contribution is -2.52. The van der Waals surface area contributed by atoms with Crippen molar-refractivity contribution in [1.29, 1.82) is 0 Å². The Morgan fingerprint density at radius 1 is 1.21 bits per heavy atom. The number of nitrogens with two attached hydrogens (primary N) is 1. The van der Waals surface area contributed by atoms with E-state index in [1.165, 1.54) is 43.6 Å². The molecule has 2 N–H and O–H groups in total. The van der Waals surface area contributed by atoms with Gasteiger partial charge in [0.1, 0.15) is 0 Å². The van der Waals surface area contributed by atoms with Crippen molar-refractivity contribution in [3.05, 3.63) is 23.8 Å². The zero-order valence-electron chi connectivity index (χ0n) is 12.1. The van der Waals surface area contributed by atoms with Crippen LogP contribution in [0.5, 0.6) is 0 Å². The molecule has 1 aromatic carbocycles. The maximum absolute atomic E-state index is 6.16. The number of fused-ring (bicyclic) bond motifs is 1. The first-order chi connectivity index (χ1) is 9.15. The van der Waals surface area contributed by atoms with E-state index in [1.54, 1.807) is 0 Å². The molecular weight excluding hydrogens is 234 g/mol. The second-order valence-corrected chi connectivity index (χ2v) is 6.25. The first kappa shape index (κ1) is 12.8. The van der Waals surface area contributed by atoms with Crippen LogP contribution in [-0.4, -0.2) is 37.6 Å². The Morgan fingerprint density at radius 2 is 2.05 bits per heavy atom. The molecule has 0 saturated carbocycles. The number of likely N-dealkylation sites (tertiary alicyclic amines) is 1. The molecule has 3 nitrogen and oxygen atoms in total. The first-order valence-corrected chi connectivity index (χ1v) is 7.46. The Morgan fingerprint density at radius 3 is 2.89 bits per heavy atom. The summed E-state index contributed by atoms with van der Waals surface area (Å²) in [7, 11) is 2.29. The zero-order chi connectivity index (χ0) is 13.4. The number of nitrogen functional groups attached to an aromatic ring is 1. The molecule has 0 aliphatic carbocycles. The van der Waals surface area contributed by atoms with Crippen LogP contribution in [0.2, 0.25) is 0 Å². The molecule has 0 amide bonds. The summed E-state index contributed by atoms with van der Waals surface area (Å²) in [6.45, 7) is 5.72. The van der Waals surface area contributed by atoms with Crippen LogP contribution >= 0.6 is 0 Å². The molecule has 2 saturated heterocycles. The molecule has 2 fully saturated rings. The third kappa shape index (κ3) is 2.44. The number of hydrogen-bond acceptors (Lipinski definition) is 3. The molecule has 2 aliphatic heterocycles. The summed E-state index contributed by atoms with van der Waals surface area (Å²) < 4.78 is 0. The van der Waals surface area contributed by atoms with Gasteiger partial charge in [-0.2, -0.15) is 0 Å². The van der Waals surface area contributed by atoms with E-state index in [1.807, 2.05) is 6.07 Å². The summed E-state index contributed by atoms with van der Waals surface area (Å²) in [4.78, 5) is 5.06. The van der Waals surface area contributed by atoms with Gasteiger partial charge in [-0.05, 0) is 63.4 Å². The van der Waals surface area contributed by atoms with Crippen LogP contribution in [0.4, 0.5) is 11.4 Å². The minimum atomic E-state index is 0.788. The second-order valence-electron chi connectivity index (χ2n) is 6.25. The van der Waals surface area contributed by atoms with E-state index < -0.39 is 0 Å². The molecule has 0 radical (unpaired) electrons. The number of piperidine rings is 2. The molecule has 19 heavy (non-hydrogen) atoms. The van der Waals surface area contributed by atoms with Gasteiger partial charge in [-0.15, -0.1) is 0 Å². The van der Waals surface area contributed by atoms with Crippen LogP contribution in [0.3, 0.4) is 0 Å². The molecule has 0 aromatic heterocycles. The number of nitrogens with zero attached hydrogens (tertiary/aromatic N) is 2. The summed E-state index contributed by atoms with van der Waals surface area (Å²) in [5.41, 5.74) is 9.63. The normalized spacial score (nSPS) is 28.2.